The molecule has 0 unspecified atom stereocenters. The third kappa shape index (κ3) is 5.68. The van der Waals surface area contributed by atoms with E-state index in [1.807, 2.05) is 56.5 Å². The first-order valence-corrected chi connectivity index (χ1v) is 11.4. The minimum absolute atomic E-state index is 0.835. The second-order valence-electron chi connectivity index (χ2n) is 8.34. The van der Waals surface area contributed by atoms with Crippen molar-refractivity contribution < 1.29 is 0 Å². The third-order valence-corrected chi connectivity index (χ3v) is 5.60. The molecule has 0 atom stereocenters. The van der Waals surface area contributed by atoms with E-state index in [0.717, 1.165) is 39.6 Å². The molecule has 0 fully saturated rings. The first-order valence-electron chi connectivity index (χ1n) is 11.4. The molecule has 0 aliphatic rings. The molecule has 3 nitrogen and oxygen atoms in total. The van der Waals surface area contributed by atoms with Gasteiger partial charge in [0.2, 0.25) is 0 Å². The zero-order valence-corrected chi connectivity index (χ0v) is 20.8. The number of rotatable bonds is 8. The van der Waals surface area contributed by atoms with Crippen molar-refractivity contribution in [3.8, 4) is 11.3 Å². The minimum Gasteiger partial charge on any atom is -0.310 e. The lowest BCUT2D eigenvalue weighted by Crippen LogP contribution is -2.18. The first kappa shape index (κ1) is 24.7. The van der Waals surface area contributed by atoms with Crippen LogP contribution in [0.4, 0.5) is 11.4 Å². The van der Waals surface area contributed by atoms with Crippen molar-refractivity contribution in [2.24, 2.45) is 4.99 Å². The van der Waals surface area contributed by atoms with Crippen LogP contribution in [-0.2, 0) is 0 Å². The number of aromatic nitrogens is 1. The second-order valence-corrected chi connectivity index (χ2v) is 8.34. The predicted molar refractivity (Wildman–Crippen MR) is 148 cm³/mol. The Balaban J connectivity index is 2.23. The van der Waals surface area contributed by atoms with Crippen molar-refractivity contribution in [2.45, 2.75) is 34.6 Å². The average molecular weight is 448 g/mol. The number of hydrogen-bond acceptors (Lipinski definition) is 3. The lowest BCUT2D eigenvalue weighted by molar-refractivity contribution is 1.15. The van der Waals surface area contributed by atoms with Gasteiger partial charge in [-0.3, -0.25) is 9.98 Å². The van der Waals surface area contributed by atoms with Crippen LogP contribution in [0.25, 0.3) is 11.3 Å². The van der Waals surface area contributed by atoms with E-state index in [2.05, 4.69) is 85.2 Å². The van der Waals surface area contributed by atoms with Crippen molar-refractivity contribution in [3.63, 3.8) is 0 Å². The summed E-state index contributed by atoms with van der Waals surface area (Å²) in [5, 5.41) is 0. The molecule has 0 radical (unpaired) electrons. The maximum Gasteiger partial charge on any atom is 0.0702 e. The van der Waals surface area contributed by atoms with Crippen LogP contribution in [0.5, 0.6) is 0 Å². The maximum absolute atomic E-state index is 4.54. The smallest absolute Gasteiger partial charge is 0.0702 e. The molecule has 2 aromatic carbocycles. The highest BCUT2D eigenvalue weighted by molar-refractivity contribution is 6.01. The average Bonchev–Trinajstić information content (AvgIpc) is 2.84. The van der Waals surface area contributed by atoms with Crippen molar-refractivity contribution in [1.82, 2.24) is 4.98 Å². The summed E-state index contributed by atoms with van der Waals surface area (Å²) in [6.07, 6.45) is 9.43. The summed E-state index contributed by atoms with van der Waals surface area (Å²) < 4.78 is 0. The fourth-order valence-electron chi connectivity index (χ4n) is 4.04. The van der Waals surface area contributed by atoms with Gasteiger partial charge in [0.15, 0.2) is 0 Å². The van der Waals surface area contributed by atoms with Crippen LogP contribution >= 0.6 is 0 Å². The van der Waals surface area contributed by atoms with Gasteiger partial charge in [0.05, 0.1) is 11.4 Å². The molecule has 0 saturated heterocycles. The lowest BCUT2D eigenvalue weighted by Gasteiger charge is -2.30. The van der Waals surface area contributed by atoms with Crippen LogP contribution in [0.3, 0.4) is 0 Å². The Kier molecular flexibility index (Phi) is 8.15. The Morgan fingerprint density at radius 2 is 1.74 bits per heavy atom. The van der Waals surface area contributed by atoms with E-state index in [4.69, 9.17) is 0 Å². The third-order valence-electron chi connectivity index (χ3n) is 5.60. The normalized spacial score (nSPS) is 12.1. The summed E-state index contributed by atoms with van der Waals surface area (Å²) in [6.45, 7) is 18.8. The molecule has 0 amide bonds. The summed E-state index contributed by atoms with van der Waals surface area (Å²) in [6, 6.07) is 18.8. The van der Waals surface area contributed by atoms with Crippen LogP contribution < -0.4 is 4.90 Å². The fraction of sp³-hybridized carbons (Fsp3) is 0.161. The Labute approximate surface area is 204 Å². The fourth-order valence-corrected chi connectivity index (χ4v) is 4.04. The SMILES string of the molecule is C=C/C(=C\C(=C)C(C)=N/C=C\C)N(c1cccc(-c2ccccn2)c1)c1c(C)cc(C)cc1C. The molecular weight excluding hydrogens is 414 g/mol. The monoisotopic (exact) mass is 447 g/mol. The van der Waals surface area contributed by atoms with E-state index in [1.54, 1.807) is 6.20 Å². The number of allylic oxidation sites excluding steroid dienone is 4. The first-order chi connectivity index (χ1) is 16.3. The van der Waals surface area contributed by atoms with Crippen LogP contribution in [0, 0.1) is 20.8 Å². The topological polar surface area (TPSA) is 28.5 Å². The molecule has 3 aromatic rings. The quantitative estimate of drug-likeness (QED) is 0.256. The number of anilines is 2. The van der Waals surface area contributed by atoms with Gasteiger partial charge in [0, 0.05) is 35.1 Å². The molecule has 0 aliphatic carbocycles. The van der Waals surface area contributed by atoms with E-state index >= 15 is 0 Å². The molecular formula is C31H33N3. The zero-order valence-electron chi connectivity index (χ0n) is 20.8. The summed E-state index contributed by atoms with van der Waals surface area (Å²) in [4.78, 5) is 11.3. The van der Waals surface area contributed by atoms with E-state index < -0.39 is 0 Å². The van der Waals surface area contributed by atoms with E-state index in [0.29, 0.717) is 0 Å². The molecule has 0 spiro atoms. The zero-order chi connectivity index (χ0) is 24.7. The van der Waals surface area contributed by atoms with Gasteiger partial charge in [0.1, 0.15) is 0 Å². The van der Waals surface area contributed by atoms with Crippen molar-refractivity contribution in [3.05, 3.63) is 126 Å². The summed E-state index contributed by atoms with van der Waals surface area (Å²) in [7, 11) is 0. The highest BCUT2D eigenvalue weighted by Crippen LogP contribution is 2.38. The van der Waals surface area contributed by atoms with Crippen LogP contribution in [0.2, 0.25) is 0 Å². The van der Waals surface area contributed by atoms with Crippen LogP contribution in [0.15, 0.2) is 115 Å². The number of aryl methyl sites for hydroxylation is 3. The molecule has 0 saturated carbocycles. The number of benzene rings is 2. The number of nitrogens with zero attached hydrogens (tertiary/aromatic N) is 3. The number of hydrogen-bond donors (Lipinski definition) is 0. The van der Waals surface area contributed by atoms with Crippen LogP contribution in [-0.4, -0.2) is 10.7 Å². The highest BCUT2D eigenvalue weighted by atomic mass is 15.2. The van der Waals surface area contributed by atoms with Crippen molar-refractivity contribution >= 4 is 17.1 Å². The summed E-state index contributed by atoms with van der Waals surface area (Å²) >= 11 is 0. The Bertz CT molecular complexity index is 1250. The molecule has 172 valence electrons. The second kappa shape index (κ2) is 11.2. The summed E-state index contributed by atoms with van der Waals surface area (Å²) in [5.41, 5.74) is 10.4. The number of aliphatic imine (C=N–C) groups is 1. The van der Waals surface area contributed by atoms with E-state index in [1.165, 1.54) is 16.7 Å². The van der Waals surface area contributed by atoms with Gasteiger partial charge in [-0.15, -0.1) is 0 Å². The van der Waals surface area contributed by atoms with Crippen LogP contribution in [0.1, 0.15) is 30.5 Å². The molecule has 0 bridgehead atoms. The minimum atomic E-state index is 0.835. The van der Waals surface area contributed by atoms with Gasteiger partial charge in [-0.05, 0) is 87.7 Å². The van der Waals surface area contributed by atoms with E-state index in [-0.39, 0.29) is 0 Å². The van der Waals surface area contributed by atoms with Gasteiger partial charge < -0.3 is 4.90 Å². The molecule has 1 heterocycles. The van der Waals surface area contributed by atoms with Crippen molar-refractivity contribution in [2.75, 3.05) is 4.90 Å². The van der Waals surface area contributed by atoms with Gasteiger partial charge >= 0.3 is 0 Å². The Hall–Kier alpha value is -3.98. The number of pyridine rings is 1. The standard InChI is InChI=1S/C31H33N3/c1-8-16-32-26(7)23(4)20-28(9-2)34(31-24(5)18-22(3)19-25(31)6)29-14-12-13-27(21-29)30-15-10-11-17-33-30/h8-21H,2,4H2,1,3,5-7H3/b16-8-,28-20+,32-26?. The van der Waals surface area contributed by atoms with Gasteiger partial charge in [0.25, 0.3) is 0 Å². The van der Waals surface area contributed by atoms with Gasteiger partial charge in [-0.25, -0.2) is 0 Å². The van der Waals surface area contributed by atoms with Gasteiger partial charge in [-0.2, -0.15) is 0 Å². The molecule has 3 rings (SSSR count). The van der Waals surface area contributed by atoms with Gasteiger partial charge in [-0.1, -0.05) is 55.1 Å². The predicted octanol–water partition coefficient (Wildman–Crippen LogP) is 8.43. The molecule has 34 heavy (non-hydrogen) atoms. The van der Waals surface area contributed by atoms with Crippen molar-refractivity contribution in [1.29, 1.82) is 0 Å². The molecule has 0 aliphatic heterocycles. The largest absolute Gasteiger partial charge is 0.310 e. The van der Waals surface area contributed by atoms with E-state index in [9.17, 15) is 0 Å². The maximum atomic E-state index is 4.54. The Morgan fingerprint density at radius 3 is 2.35 bits per heavy atom. The summed E-state index contributed by atoms with van der Waals surface area (Å²) in [5.74, 6) is 0. The highest BCUT2D eigenvalue weighted by Gasteiger charge is 2.19. The molecule has 0 N–H and O–H groups in total. The Morgan fingerprint density at radius 1 is 1.00 bits per heavy atom. The molecule has 3 heteroatoms. The lowest BCUT2D eigenvalue weighted by atomic mass is 10.0. The molecule has 1 aromatic heterocycles.